The van der Waals surface area contributed by atoms with Gasteiger partial charge in [0.25, 0.3) is 0 Å². The highest BCUT2D eigenvalue weighted by Crippen LogP contribution is 2.16. The van der Waals surface area contributed by atoms with E-state index in [0.717, 1.165) is 18.0 Å². The van der Waals surface area contributed by atoms with Gasteiger partial charge in [-0.25, -0.2) is 0 Å². The average molecular weight is 234 g/mol. The minimum Gasteiger partial charge on any atom is -0.492 e. The van der Waals surface area contributed by atoms with Crippen LogP contribution in [0.4, 0.5) is 5.69 Å². The van der Waals surface area contributed by atoms with Gasteiger partial charge in [-0.15, -0.1) is 0 Å². The van der Waals surface area contributed by atoms with Crippen LogP contribution in [0.25, 0.3) is 0 Å². The number of nitrogen functional groups attached to an aromatic ring is 1. The molecule has 0 aliphatic carbocycles. The number of anilines is 1. The van der Waals surface area contributed by atoms with Gasteiger partial charge in [0, 0.05) is 11.7 Å². The lowest BCUT2D eigenvalue weighted by atomic mass is 10.1. The van der Waals surface area contributed by atoms with E-state index in [1.165, 1.54) is 32.4 Å². The van der Waals surface area contributed by atoms with E-state index in [1.807, 2.05) is 24.3 Å². The van der Waals surface area contributed by atoms with Crippen LogP contribution in [0.15, 0.2) is 24.3 Å². The van der Waals surface area contributed by atoms with Crippen LogP contribution >= 0.6 is 0 Å². The van der Waals surface area contributed by atoms with E-state index < -0.39 is 0 Å². The number of nitrogens with zero attached hydrogens (tertiary/aromatic N) is 1. The van der Waals surface area contributed by atoms with E-state index in [0.29, 0.717) is 6.04 Å². The number of rotatable bonds is 4. The summed E-state index contributed by atoms with van der Waals surface area (Å²) in [4.78, 5) is 2.51. The van der Waals surface area contributed by atoms with Crippen molar-refractivity contribution in [3.8, 4) is 5.75 Å². The molecule has 17 heavy (non-hydrogen) atoms. The molecule has 1 aromatic rings. The quantitative estimate of drug-likeness (QED) is 0.814. The van der Waals surface area contributed by atoms with Crippen LogP contribution in [-0.2, 0) is 0 Å². The molecule has 0 spiro atoms. The summed E-state index contributed by atoms with van der Waals surface area (Å²) >= 11 is 0. The van der Waals surface area contributed by atoms with Gasteiger partial charge in [-0.2, -0.15) is 0 Å². The van der Waals surface area contributed by atoms with Crippen molar-refractivity contribution in [1.29, 1.82) is 0 Å². The van der Waals surface area contributed by atoms with Crippen LogP contribution in [0, 0.1) is 0 Å². The zero-order chi connectivity index (χ0) is 12.1. The molecule has 1 heterocycles. The molecule has 1 atom stereocenters. The van der Waals surface area contributed by atoms with Crippen molar-refractivity contribution in [2.45, 2.75) is 32.2 Å². The second-order valence-corrected chi connectivity index (χ2v) is 4.83. The van der Waals surface area contributed by atoms with Gasteiger partial charge in [0.2, 0.25) is 0 Å². The summed E-state index contributed by atoms with van der Waals surface area (Å²) in [6, 6.07) is 8.10. The SMILES string of the molecule is CC(COc1ccc(N)cc1)N1CCCCC1. The first kappa shape index (κ1) is 12.2. The predicted octanol–water partition coefficient (Wildman–Crippen LogP) is 2.52. The Morgan fingerprint density at radius 3 is 2.47 bits per heavy atom. The van der Waals surface area contributed by atoms with Crippen molar-refractivity contribution in [3.05, 3.63) is 24.3 Å². The maximum Gasteiger partial charge on any atom is 0.119 e. The molecule has 2 N–H and O–H groups in total. The van der Waals surface area contributed by atoms with E-state index in [2.05, 4.69) is 11.8 Å². The monoisotopic (exact) mass is 234 g/mol. The van der Waals surface area contributed by atoms with Crippen LogP contribution in [0.2, 0.25) is 0 Å². The minimum absolute atomic E-state index is 0.493. The van der Waals surface area contributed by atoms with Crippen molar-refractivity contribution in [2.24, 2.45) is 0 Å². The Kier molecular flexibility index (Phi) is 4.26. The van der Waals surface area contributed by atoms with Crippen molar-refractivity contribution in [3.63, 3.8) is 0 Å². The molecule has 3 nitrogen and oxygen atoms in total. The second kappa shape index (κ2) is 5.92. The summed E-state index contributed by atoms with van der Waals surface area (Å²) in [5.41, 5.74) is 6.41. The van der Waals surface area contributed by atoms with Gasteiger partial charge in [0.15, 0.2) is 0 Å². The molecule has 1 fully saturated rings. The van der Waals surface area contributed by atoms with E-state index >= 15 is 0 Å². The molecule has 0 aromatic heterocycles. The standard InChI is InChI=1S/C14H22N2O/c1-12(16-9-3-2-4-10-16)11-17-14-7-5-13(15)6-8-14/h5-8,12H,2-4,9-11,15H2,1H3. The first-order valence-electron chi connectivity index (χ1n) is 6.48. The molecule has 2 rings (SSSR count). The van der Waals surface area contributed by atoms with Crippen LogP contribution in [0.5, 0.6) is 5.75 Å². The normalized spacial score (nSPS) is 18.9. The van der Waals surface area contributed by atoms with Crippen molar-refractivity contribution < 1.29 is 4.74 Å². The molecule has 0 radical (unpaired) electrons. The van der Waals surface area contributed by atoms with Crippen LogP contribution in [-0.4, -0.2) is 30.6 Å². The van der Waals surface area contributed by atoms with Gasteiger partial charge in [-0.3, -0.25) is 4.90 Å². The third kappa shape index (κ3) is 3.63. The lowest BCUT2D eigenvalue weighted by Crippen LogP contribution is -2.40. The molecule has 0 amide bonds. The third-order valence-electron chi connectivity index (χ3n) is 3.39. The van der Waals surface area contributed by atoms with Crippen molar-refractivity contribution in [1.82, 2.24) is 4.90 Å². The molecule has 94 valence electrons. The first-order valence-corrected chi connectivity index (χ1v) is 6.48. The number of ether oxygens (including phenoxy) is 1. The largest absolute Gasteiger partial charge is 0.492 e. The molecular formula is C14H22N2O. The summed E-state index contributed by atoms with van der Waals surface area (Å²) < 4.78 is 5.78. The highest BCUT2D eigenvalue weighted by Gasteiger charge is 2.16. The molecular weight excluding hydrogens is 212 g/mol. The van der Waals surface area contributed by atoms with Crippen LogP contribution in [0.3, 0.4) is 0 Å². The Balaban J connectivity index is 1.78. The Bertz CT molecular complexity index is 331. The molecule has 0 saturated carbocycles. The summed E-state index contributed by atoms with van der Waals surface area (Å²) in [6.07, 6.45) is 4.03. The Morgan fingerprint density at radius 2 is 1.82 bits per heavy atom. The molecule has 1 aliphatic heterocycles. The fraction of sp³-hybridized carbons (Fsp3) is 0.571. The van der Waals surface area contributed by atoms with Gasteiger partial charge < -0.3 is 10.5 Å². The summed E-state index contributed by atoms with van der Waals surface area (Å²) in [5, 5.41) is 0. The van der Waals surface area contributed by atoms with Crippen molar-refractivity contribution in [2.75, 3.05) is 25.4 Å². The Morgan fingerprint density at radius 1 is 1.18 bits per heavy atom. The van der Waals surface area contributed by atoms with Gasteiger partial charge in [0.05, 0.1) is 0 Å². The van der Waals surface area contributed by atoms with Gasteiger partial charge in [0.1, 0.15) is 12.4 Å². The van der Waals surface area contributed by atoms with Gasteiger partial charge >= 0.3 is 0 Å². The number of nitrogens with two attached hydrogens (primary N) is 1. The smallest absolute Gasteiger partial charge is 0.119 e. The molecule has 3 heteroatoms. The molecule has 1 aliphatic rings. The highest BCUT2D eigenvalue weighted by molar-refractivity contribution is 5.41. The average Bonchev–Trinajstić information content (AvgIpc) is 2.39. The van der Waals surface area contributed by atoms with E-state index in [4.69, 9.17) is 10.5 Å². The number of likely N-dealkylation sites (tertiary alicyclic amines) is 1. The molecule has 1 aromatic carbocycles. The predicted molar refractivity (Wildman–Crippen MR) is 71.2 cm³/mol. The minimum atomic E-state index is 0.493. The number of benzene rings is 1. The summed E-state index contributed by atoms with van der Waals surface area (Å²) in [7, 11) is 0. The topological polar surface area (TPSA) is 38.5 Å². The zero-order valence-electron chi connectivity index (χ0n) is 10.6. The van der Waals surface area contributed by atoms with E-state index in [-0.39, 0.29) is 0 Å². The van der Waals surface area contributed by atoms with Gasteiger partial charge in [-0.05, 0) is 57.1 Å². The van der Waals surface area contributed by atoms with E-state index in [1.54, 1.807) is 0 Å². The van der Waals surface area contributed by atoms with Gasteiger partial charge in [-0.1, -0.05) is 6.42 Å². The first-order chi connectivity index (χ1) is 8.25. The fourth-order valence-electron chi connectivity index (χ4n) is 2.25. The maximum atomic E-state index is 5.78. The van der Waals surface area contributed by atoms with Crippen LogP contribution < -0.4 is 10.5 Å². The maximum absolute atomic E-state index is 5.78. The van der Waals surface area contributed by atoms with E-state index in [9.17, 15) is 0 Å². The lowest BCUT2D eigenvalue weighted by molar-refractivity contribution is 0.125. The molecule has 0 bridgehead atoms. The molecule has 1 saturated heterocycles. The fourth-order valence-corrected chi connectivity index (χ4v) is 2.25. The van der Waals surface area contributed by atoms with Crippen molar-refractivity contribution >= 4 is 5.69 Å². The lowest BCUT2D eigenvalue weighted by Gasteiger charge is -2.32. The summed E-state index contributed by atoms with van der Waals surface area (Å²) in [6.45, 7) is 5.42. The van der Waals surface area contributed by atoms with Crippen LogP contribution in [0.1, 0.15) is 26.2 Å². The highest BCUT2D eigenvalue weighted by atomic mass is 16.5. The second-order valence-electron chi connectivity index (χ2n) is 4.83. The number of hydrogen-bond acceptors (Lipinski definition) is 3. The summed E-state index contributed by atoms with van der Waals surface area (Å²) in [5.74, 6) is 0.906. The number of hydrogen-bond donors (Lipinski definition) is 1. The third-order valence-corrected chi connectivity index (χ3v) is 3.39. The number of piperidine rings is 1. The molecule has 1 unspecified atom stereocenters. The Hall–Kier alpha value is -1.22. The Labute approximate surface area is 104 Å². The zero-order valence-corrected chi connectivity index (χ0v) is 10.6.